The van der Waals surface area contributed by atoms with Crippen molar-refractivity contribution in [3.05, 3.63) is 36.5 Å². The average Bonchev–Trinajstić information content (AvgIpc) is 3.44. The van der Waals surface area contributed by atoms with Crippen LogP contribution in [0.15, 0.2) is 36.5 Å². The first-order chi connectivity index (χ1) is 39.9. The molecule has 2 N–H and O–H groups in total. The normalized spacial score (nSPS) is 13.7. The van der Waals surface area contributed by atoms with Gasteiger partial charge in [-0.05, 0) is 63.9 Å². The number of quaternary nitrogens is 1. The highest BCUT2D eigenvalue weighted by molar-refractivity contribution is 7.47. The molecule has 484 valence electrons. The largest absolute Gasteiger partial charge is 0.472 e. The lowest BCUT2D eigenvalue weighted by molar-refractivity contribution is -0.870. The van der Waals surface area contributed by atoms with Gasteiger partial charge in [0.15, 0.2) is 0 Å². The van der Waals surface area contributed by atoms with Crippen molar-refractivity contribution in [2.24, 2.45) is 0 Å². The van der Waals surface area contributed by atoms with Gasteiger partial charge >= 0.3 is 13.8 Å². The monoisotopic (exact) mass is 1180 g/mol. The number of amides is 1. The number of rotatable bonds is 66. The second kappa shape index (κ2) is 62.3. The van der Waals surface area contributed by atoms with Crippen LogP contribution in [0.5, 0.6) is 0 Å². The van der Waals surface area contributed by atoms with Gasteiger partial charge in [-0.1, -0.05) is 321 Å². The van der Waals surface area contributed by atoms with Crippen LogP contribution >= 0.6 is 7.82 Å². The number of hydrogen-bond donors (Lipinski definition) is 2. The van der Waals surface area contributed by atoms with Gasteiger partial charge in [-0.3, -0.25) is 18.6 Å². The summed E-state index contributed by atoms with van der Waals surface area (Å²) in [5, 5.41) is 3.08. The van der Waals surface area contributed by atoms with E-state index in [1.165, 1.54) is 263 Å². The van der Waals surface area contributed by atoms with E-state index in [0.29, 0.717) is 23.9 Å². The predicted molar refractivity (Wildman–Crippen MR) is 356 cm³/mol. The number of carbonyl (C=O) groups excluding carboxylic acids is 2. The number of esters is 1. The van der Waals surface area contributed by atoms with E-state index in [1.807, 2.05) is 33.3 Å². The van der Waals surface area contributed by atoms with Crippen molar-refractivity contribution in [2.45, 2.75) is 373 Å². The molecule has 0 aromatic carbocycles. The third kappa shape index (κ3) is 62.8. The molecule has 0 saturated carbocycles. The van der Waals surface area contributed by atoms with Crippen molar-refractivity contribution in [1.29, 1.82) is 0 Å². The Hall–Kier alpha value is -1.77. The quantitative estimate of drug-likeness (QED) is 0.0205. The van der Waals surface area contributed by atoms with Gasteiger partial charge in [0.05, 0.1) is 33.8 Å². The Morgan fingerprint density at radius 1 is 0.427 bits per heavy atom. The Labute approximate surface area is 510 Å². The van der Waals surface area contributed by atoms with Crippen molar-refractivity contribution in [3.8, 4) is 0 Å². The van der Waals surface area contributed by atoms with Gasteiger partial charge in [0, 0.05) is 12.8 Å². The summed E-state index contributed by atoms with van der Waals surface area (Å²) in [5.41, 5.74) is 0. The fraction of sp³-hybridized carbons (Fsp3) is 0.889. The number of ether oxygens (including phenoxy) is 1. The molecule has 0 aromatic heterocycles. The highest BCUT2D eigenvalue weighted by Gasteiger charge is 2.30. The lowest BCUT2D eigenvalue weighted by Crippen LogP contribution is -2.47. The first-order valence-electron chi connectivity index (χ1n) is 35.8. The number of phosphoric ester groups is 1. The van der Waals surface area contributed by atoms with Crippen LogP contribution in [0.2, 0.25) is 0 Å². The number of carbonyl (C=O) groups is 2. The smallest absolute Gasteiger partial charge is 0.456 e. The van der Waals surface area contributed by atoms with Crippen molar-refractivity contribution >= 4 is 19.7 Å². The average molecular weight is 1180 g/mol. The third-order valence-electron chi connectivity index (χ3n) is 16.3. The minimum Gasteiger partial charge on any atom is -0.456 e. The third-order valence-corrected chi connectivity index (χ3v) is 17.3. The van der Waals surface area contributed by atoms with Gasteiger partial charge in [0.25, 0.3) is 0 Å². The summed E-state index contributed by atoms with van der Waals surface area (Å²) in [4.78, 5) is 37.9. The molecule has 0 heterocycles. The molecule has 9 nitrogen and oxygen atoms in total. The molecule has 3 unspecified atom stereocenters. The second-order valence-electron chi connectivity index (χ2n) is 25.8. The molecule has 0 aliphatic carbocycles. The van der Waals surface area contributed by atoms with Crippen LogP contribution in [0.4, 0.5) is 0 Å². The molecule has 0 aliphatic rings. The number of nitrogens with one attached hydrogen (secondary N) is 1. The number of nitrogens with zero attached hydrogens (tertiary/aromatic N) is 1. The molecule has 0 aromatic rings. The van der Waals surface area contributed by atoms with E-state index in [9.17, 15) is 19.0 Å². The van der Waals surface area contributed by atoms with Crippen molar-refractivity contribution < 1.29 is 37.3 Å². The summed E-state index contributed by atoms with van der Waals surface area (Å²) in [6.07, 6.45) is 77.3. The molecule has 0 bridgehead atoms. The molecule has 3 atom stereocenters. The molecule has 0 fully saturated rings. The van der Waals surface area contributed by atoms with Crippen LogP contribution in [-0.4, -0.2) is 74.3 Å². The molecule has 0 radical (unpaired) electrons. The number of unbranched alkanes of at least 4 members (excludes halogenated alkanes) is 46. The van der Waals surface area contributed by atoms with Crippen LogP contribution in [0.1, 0.15) is 361 Å². The van der Waals surface area contributed by atoms with E-state index >= 15 is 0 Å². The summed E-state index contributed by atoms with van der Waals surface area (Å²) in [7, 11) is 1.51. The molecular formula is C72H140N2O7P+. The lowest BCUT2D eigenvalue weighted by atomic mass is 10.0. The zero-order valence-electron chi connectivity index (χ0n) is 55.5. The van der Waals surface area contributed by atoms with E-state index in [0.717, 1.165) is 64.2 Å². The maximum Gasteiger partial charge on any atom is 0.472 e. The number of hydrogen-bond acceptors (Lipinski definition) is 6. The zero-order chi connectivity index (χ0) is 60.0. The topological polar surface area (TPSA) is 111 Å². The lowest BCUT2D eigenvalue weighted by Gasteiger charge is -2.27. The van der Waals surface area contributed by atoms with Crippen molar-refractivity contribution in [3.63, 3.8) is 0 Å². The minimum absolute atomic E-state index is 0.0423. The van der Waals surface area contributed by atoms with E-state index in [-0.39, 0.29) is 25.1 Å². The first-order valence-corrected chi connectivity index (χ1v) is 37.3. The SMILES string of the molecule is CCCCC/C=C\C/C=C\CCCCCCCCCCCC(=O)OC(/C=C/CCCCCCCCCCCC)C(COP(=O)(O)OCC[N+](C)(C)C)NC(=O)CCCCCCCCCCCCCCCCCCCCCCCCCCC. The van der Waals surface area contributed by atoms with Gasteiger partial charge in [0.1, 0.15) is 19.3 Å². The summed E-state index contributed by atoms with van der Waals surface area (Å²) in [6, 6.07) is -0.847. The predicted octanol–water partition coefficient (Wildman–Crippen LogP) is 22.6. The van der Waals surface area contributed by atoms with Crippen molar-refractivity contribution in [2.75, 3.05) is 40.9 Å². The van der Waals surface area contributed by atoms with Crippen LogP contribution in [-0.2, 0) is 27.9 Å². The van der Waals surface area contributed by atoms with Crippen molar-refractivity contribution in [1.82, 2.24) is 5.32 Å². The number of phosphoric acid groups is 1. The Morgan fingerprint density at radius 3 is 1.12 bits per heavy atom. The molecular weight excluding hydrogens is 1040 g/mol. The fourth-order valence-electron chi connectivity index (χ4n) is 10.8. The Morgan fingerprint density at radius 2 is 0.744 bits per heavy atom. The molecule has 0 aliphatic heterocycles. The Balaban J connectivity index is 5.02. The molecule has 1 amide bonds. The van der Waals surface area contributed by atoms with E-state index in [1.54, 1.807) is 0 Å². The maximum absolute atomic E-state index is 13.6. The van der Waals surface area contributed by atoms with Crippen LogP contribution < -0.4 is 5.32 Å². The van der Waals surface area contributed by atoms with E-state index < -0.39 is 20.0 Å². The Bertz CT molecular complexity index is 1500. The highest BCUT2D eigenvalue weighted by Crippen LogP contribution is 2.43. The minimum atomic E-state index is -4.45. The van der Waals surface area contributed by atoms with Gasteiger partial charge in [-0.15, -0.1) is 0 Å². The van der Waals surface area contributed by atoms with Gasteiger partial charge < -0.3 is 19.4 Å². The van der Waals surface area contributed by atoms with Crippen LogP contribution in [0.25, 0.3) is 0 Å². The van der Waals surface area contributed by atoms with Gasteiger partial charge in [0.2, 0.25) is 5.91 Å². The maximum atomic E-state index is 13.6. The summed E-state index contributed by atoms with van der Waals surface area (Å²) >= 11 is 0. The molecule has 0 saturated heterocycles. The molecule has 0 rings (SSSR count). The van der Waals surface area contributed by atoms with E-state index in [4.69, 9.17) is 13.8 Å². The first kappa shape index (κ1) is 80.2. The standard InChI is InChI=1S/C72H139N2O7P/c1-7-10-13-16-19-22-25-28-30-32-34-35-36-37-38-39-41-42-44-46-49-52-55-58-61-64-71(75)73-69(68-80-82(77,78)79-67-66-74(4,5)6)70(63-60-57-54-51-48-27-24-21-18-15-12-9-3)81-72(76)65-62-59-56-53-50-47-45-43-40-33-31-29-26-23-20-17-14-11-8-2/h20,23,29,31,60,63,69-70H,7-19,21-22,24-28,30,32-59,61-62,64-68H2,1-6H3,(H-,73,75,77,78)/p+1/b23-20-,31-29-,63-60+. The van der Waals surface area contributed by atoms with Crippen LogP contribution in [0.3, 0.4) is 0 Å². The summed E-state index contributed by atoms with van der Waals surface area (Å²) < 4.78 is 30.8. The highest BCUT2D eigenvalue weighted by atomic mass is 31.2. The molecule has 82 heavy (non-hydrogen) atoms. The Kier molecular flexibility index (Phi) is 60.9. The van der Waals surface area contributed by atoms with Crippen LogP contribution in [0, 0.1) is 0 Å². The molecule has 10 heteroatoms. The summed E-state index contributed by atoms with van der Waals surface area (Å²) in [6.45, 7) is 7.05. The second-order valence-corrected chi connectivity index (χ2v) is 27.2. The van der Waals surface area contributed by atoms with Gasteiger partial charge in [-0.2, -0.15) is 0 Å². The summed E-state index contributed by atoms with van der Waals surface area (Å²) in [5.74, 6) is -0.490. The fourth-order valence-corrected chi connectivity index (χ4v) is 11.5. The molecule has 0 spiro atoms. The zero-order valence-corrected chi connectivity index (χ0v) is 56.4. The van der Waals surface area contributed by atoms with E-state index in [2.05, 4.69) is 50.4 Å². The number of likely N-dealkylation sites (N-methyl/N-ethyl adjacent to an activating group) is 1. The van der Waals surface area contributed by atoms with Gasteiger partial charge in [-0.25, -0.2) is 4.57 Å². The number of allylic oxidation sites excluding steroid dienone is 5.